The summed E-state index contributed by atoms with van der Waals surface area (Å²) in [6.07, 6.45) is 0.188. The van der Waals surface area contributed by atoms with E-state index >= 15 is 0 Å². The molecule has 1 heterocycles. The Bertz CT molecular complexity index is 1110. The number of benzene rings is 2. The molecule has 0 aromatic heterocycles. The summed E-state index contributed by atoms with van der Waals surface area (Å²) in [5, 5.41) is 16.6. The number of carboxylic acids is 1. The number of hydrogen-bond acceptors (Lipinski definition) is 8. The van der Waals surface area contributed by atoms with Crippen molar-refractivity contribution in [1.82, 2.24) is 0 Å². The van der Waals surface area contributed by atoms with Crippen molar-refractivity contribution in [2.75, 3.05) is 18.1 Å². The van der Waals surface area contributed by atoms with Gasteiger partial charge in [-0.2, -0.15) is 13.2 Å². The first-order valence-electron chi connectivity index (χ1n) is 10.3. The first-order chi connectivity index (χ1) is 16.1. The molecule has 0 aliphatic carbocycles. The maximum Gasteiger partial charge on any atom is 0.414 e. The summed E-state index contributed by atoms with van der Waals surface area (Å²) in [5.41, 5.74) is 7.64. The number of amidine groups is 1. The number of carbonyl (C=O) groups is 2. The molecule has 2 aromatic rings. The molecule has 34 heavy (non-hydrogen) atoms. The Morgan fingerprint density at radius 2 is 1.82 bits per heavy atom. The minimum Gasteiger partial charge on any atom is -0.490 e. The second kappa shape index (κ2) is 12.3. The van der Waals surface area contributed by atoms with Crippen molar-refractivity contribution in [3.05, 3.63) is 59.7 Å². The number of amides is 1. The van der Waals surface area contributed by atoms with Crippen molar-refractivity contribution in [3.63, 3.8) is 0 Å². The van der Waals surface area contributed by atoms with Crippen LogP contribution in [0, 0.1) is 16.1 Å². The smallest absolute Gasteiger partial charge is 0.414 e. The molecule has 1 aliphatic rings. The van der Waals surface area contributed by atoms with Crippen LogP contribution >= 0.6 is 0 Å². The molecule has 0 bridgehead atoms. The Balaban J connectivity index is 0.000000945. The van der Waals surface area contributed by atoms with E-state index in [2.05, 4.69) is 0 Å². The van der Waals surface area contributed by atoms with Crippen LogP contribution < -0.4 is 15.4 Å². The van der Waals surface area contributed by atoms with Gasteiger partial charge < -0.3 is 20.3 Å². The normalized spacial score (nSPS) is 15.5. The predicted molar refractivity (Wildman–Crippen MR) is 124 cm³/mol. The van der Waals surface area contributed by atoms with Gasteiger partial charge in [-0.05, 0) is 54.8 Å². The summed E-state index contributed by atoms with van der Waals surface area (Å²) in [4.78, 5) is 24.9. The maximum atomic E-state index is 12.2. The van der Waals surface area contributed by atoms with E-state index in [-0.39, 0.29) is 12.4 Å². The number of carboxylic acid groups (broad SMARTS) is 1. The van der Waals surface area contributed by atoms with Crippen LogP contribution in [0.1, 0.15) is 24.5 Å². The Labute approximate surface area is 198 Å². The number of carbonyl (C=O) groups excluding carboxylic acids is 1. The molecule has 182 valence electrons. The molecule has 0 saturated carbocycles. The van der Waals surface area contributed by atoms with Crippen molar-refractivity contribution in [1.29, 1.82) is 10.2 Å². The fourth-order valence-corrected chi connectivity index (χ4v) is 3.24. The highest BCUT2D eigenvalue weighted by molar-refractivity contribution is 7.60. The molecule has 3 rings (SSSR count). The van der Waals surface area contributed by atoms with E-state index in [0.29, 0.717) is 36.4 Å². The predicted octanol–water partition coefficient (Wildman–Crippen LogP) is 2.66. The van der Waals surface area contributed by atoms with Gasteiger partial charge in [-0.15, -0.1) is 0 Å². The lowest BCUT2D eigenvalue weighted by atomic mass is 9.97. The van der Waals surface area contributed by atoms with Crippen LogP contribution in [0.3, 0.4) is 0 Å². The summed E-state index contributed by atoms with van der Waals surface area (Å²) in [5.74, 6) is -0.593. The molecule has 5 N–H and O–H groups in total. The minimum atomic E-state index is -2.61. The molecule has 1 aliphatic heterocycles. The lowest BCUT2D eigenvalue weighted by Crippen LogP contribution is -2.26. The van der Waals surface area contributed by atoms with Gasteiger partial charge in [0.25, 0.3) is 0 Å². The van der Waals surface area contributed by atoms with Gasteiger partial charge in [0, 0.05) is 11.3 Å². The van der Waals surface area contributed by atoms with E-state index in [4.69, 9.17) is 33.8 Å². The topological polar surface area (TPSA) is 184 Å². The summed E-state index contributed by atoms with van der Waals surface area (Å²) >= 11 is 0. The zero-order chi connectivity index (χ0) is 25.3. The number of rotatable bonds is 9. The van der Waals surface area contributed by atoms with Gasteiger partial charge in [0.05, 0.1) is 12.5 Å². The Hall–Kier alpha value is -3.93. The van der Waals surface area contributed by atoms with E-state index < -0.39 is 34.6 Å². The number of nitrogens with zero attached hydrogens (tertiary/aromatic N) is 1. The van der Waals surface area contributed by atoms with Crippen molar-refractivity contribution in [2.45, 2.75) is 25.9 Å². The van der Waals surface area contributed by atoms with Crippen molar-refractivity contribution in [2.24, 2.45) is 11.7 Å². The second-order valence-corrected chi connectivity index (χ2v) is 7.88. The van der Waals surface area contributed by atoms with Gasteiger partial charge in [0.15, 0.2) is 6.10 Å². The molecular formula is C22H26N4O7S. The standard InChI is InChI=1S/C22H25N3O5.HNO2S/c1-2-15(21(26)27)11-14-3-9-18(10-4-14)29-13-19-12-25(22(28)30-19)17-7-5-16(6-8-17)20(23)24;1-4(2)3/h3-10,15,19H,2,11-13H2,1H3,(H3,23,24)(H,26,27);1H. The molecule has 1 amide bonds. The van der Waals surface area contributed by atoms with Gasteiger partial charge in [0.2, 0.25) is 0 Å². The van der Waals surface area contributed by atoms with Gasteiger partial charge in [-0.1, -0.05) is 19.1 Å². The van der Waals surface area contributed by atoms with Crippen LogP contribution in [-0.4, -0.2) is 50.7 Å². The third kappa shape index (κ3) is 7.89. The average molecular weight is 491 g/mol. The molecule has 2 aromatic carbocycles. The molecular weight excluding hydrogens is 464 g/mol. The lowest BCUT2D eigenvalue weighted by molar-refractivity contribution is -0.141. The Morgan fingerprint density at radius 3 is 2.32 bits per heavy atom. The van der Waals surface area contributed by atoms with Crippen LogP contribution in [0.25, 0.3) is 0 Å². The van der Waals surface area contributed by atoms with Gasteiger partial charge in [-0.25, -0.2) is 4.79 Å². The van der Waals surface area contributed by atoms with Crippen molar-refractivity contribution < 1.29 is 32.6 Å². The largest absolute Gasteiger partial charge is 0.490 e. The second-order valence-electron chi connectivity index (χ2n) is 7.41. The molecule has 2 atom stereocenters. The number of hydrogen-bond donors (Lipinski definition) is 4. The molecule has 2 unspecified atom stereocenters. The minimum absolute atomic E-state index is 0.0315. The van der Waals surface area contributed by atoms with E-state index in [9.17, 15) is 14.7 Å². The molecule has 11 nitrogen and oxygen atoms in total. The zero-order valence-electron chi connectivity index (χ0n) is 18.4. The Kier molecular flexibility index (Phi) is 9.56. The van der Waals surface area contributed by atoms with Crippen LogP contribution in [0.4, 0.5) is 10.5 Å². The van der Waals surface area contributed by atoms with Gasteiger partial charge in [0.1, 0.15) is 18.2 Å². The number of nitrogens with two attached hydrogens (primary N) is 1. The number of nitrogen functional groups attached to an aromatic ring is 1. The van der Waals surface area contributed by atoms with Crippen molar-refractivity contribution in [3.8, 4) is 5.75 Å². The summed E-state index contributed by atoms with van der Waals surface area (Å²) in [7, 11) is -2.61. The van der Waals surface area contributed by atoms with Crippen LogP contribution in [0.2, 0.25) is 0 Å². The highest BCUT2D eigenvalue weighted by Gasteiger charge is 2.32. The molecule has 1 fully saturated rings. The van der Waals surface area contributed by atoms with E-state index in [1.54, 1.807) is 36.4 Å². The number of ether oxygens (including phenoxy) is 2. The van der Waals surface area contributed by atoms with Gasteiger partial charge in [-0.3, -0.25) is 15.1 Å². The van der Waals surface area contributed by atoms with Gasteiger partial charge >= 0.3 is 22.6 Å². The molecule has 0 radical (unpaired) electrons. The zero-order valence-corrected chi connectivity index (χ0v) is 19.2. The van der Waals surface area contributed by atoms with Crippen molar-refractivity contribution >= 4 is 34.1 Å². The first-order valence-corrected chi connectivity index (χ1v) is 11.4. The lowest BCUT2D eigenvalue weighted by Gasteiger charge is -2.14. The fraction of sp³-hybridized carbons (Fsp3) is 0.318. The third-order valence-corrected chi connectivity index (χ3v) is 5.05. The van der Waals surface area contributed by atoms with E-state index in [1.165, 1.54) is 4.90 Å². The van der Waals surface area contributed by atoms with Crippen LogP contribution in [-0.2, 0) is 26.5 Å². The number of cyclic esters (lactones) is 1. The molecule has 0 spiro atoms. The summed E-state index contributed by atoms with van der Waals surface area (Å²) in [6.45, 7) is 2.42. The quantitative estimate of drug-likeness (QED) is 0.305. The van der Waals surface area contributed by atoms with E-state index in [0.717, 1.165) is 5.56 Å². The fourth-order valence-electron chi connectivity index (χ4n) is 3.24. The van der Waals surface area contributed by atoms with E-state index in [1.807, 2.05) is 19.1 Å². The SMILES string of the molecule is CCC(Cc1ccc(OCC2CN(c3ccc(C(=N)N)cc3)C(=O)O2)cc1)C(=O)O.N=S(=O)=O. The Morgan fingerprint density at radius 1 is 1.24 bits per heavy atom. The maximum absolute atomic E-state index is 12.2. The summed E-state index contributed by atoms with van der Waals surface area (Å²) in [6, 6.07) is 14.1. The first kappa shape index (κ1) is 26.3. The number of nitrogens with one attached hydrogen (secondary N) is 2. The highest BCUT2D eigenvalue weighted by atomic mass is 32.2. The number of aliphatic carboxylic acids is 1. The van der Waals surface area contributed by atoms with Crippen LogP contribution in [0.5, 0.6) is 5.75 Å². The average Bonchev–Trinajstić information content (AvgIpc) is 3.16. The third-order valence-electron chi connectivity index (χ3n) is 5.05. The highest BCUT2D eigenvalue weighted by Crippen LogP contribution is 2.23. The number of anilines is 1. The molecule has 12 heteroatoms. The monoisotopic (exact) mass is 490 g/mol. The van der Waals surface area contributed by atoms with Crippen LogP contribution in [0.15, 0.2) is 48.5 Å². The molecule has 1 saturated heterocycles. The summed E-state index contributed by atoms with van der Waals surface area (Å²) < 4.78 is 34.0.